The Morgan fingerprint density at radius 3 is 2.50 bits per heavy atom. The van der Waals surface area contributed by atoms with Crippen molar-refractivity contribution in [2.75, 3.05) is 12.4 Å². The van der Waals surface area contributed by atoms with E-state index in [-0.39, 0.29) is 0 Å². The van der Waals surface area contributed by atoms with E-state index in [1.807, 2.05) is 19.1 Å². The predicted molar refractivity (Wildman–Crippen MR) is 74.1 cm³/mol. The molecule has 1 aromatic carbocycles. The Balaban J connectivity index is 1.68. The van der Waals surface area contributed by atoms with E-state index >= 15 is 0 Å². The summed E-state index contributed by atoms with van der Waals surface area (Å²) in [5, 5.41) is 13.3. The van der Waals surface area contributed by atoms with Crippen molar-refractivity contribution in [3.05, 3.63) is 23.8 Å². The molecule has 0 aliphatic carbocycles. The minimum Gasteiger partial charge on any atom is -0.508 e. The third-order valence-electron chi connectivity index (χ3n) is 4.68. The quantitative estimate of drug-likeness (QED) is 0.842. The topological polar surface area (TPSA) is 35.5 Å². The van der Waals surface area contributed by atoms with Crippen LogP contribution in [0.1, 0.15) is 31.2 Å². The van der Waals surface area contributed by atoms with Gasteiger partial charge in [-0.15, -0.1) is 0 Å². The molecular formula is C15H22N2O. The standard InChI is InChI=1S/C15H22N2O/c1-10-3-4-11(9-15(10)18)16-12-7-13-5-6-14(8-12)17(13)2/h3-4,9,12-14,16,18H,5-8H2,1-2H3. The molecule has 3 nitrogen and oxygen atoms in total. The van der Waals surface area contributed by atoms with Gasteiger partial charge in [-0.05, 0) is 51.3 Å². The van der Waals surface area contributed by atoms with E-state index in [0.717, 1.165) is 23.3 Å². The number of aromatic hydroxyl groups is 1. The molecule has 2 N–H and O–H groups in total. The Labute approximate surface area is 109 Å². The molecule has 2 bridgehead atoms. The van der Waals surface area contributed by atoms with Crippen LogP contribution < -0.4 is 5.32 Å². The van der Waals surface area contributed by atoms with Gasteiger partial charge in [-0.2, -0.15) is 0 Å². The molecule has 0 aromatic heterocycles. The number of benzene rings is 1. The lowest BCUT2D eigenvalue weighted by molar-refractivity contribution is 0.169. The summed E-state index contributed by atoms with van der Waals surface area (Å²) in [6.45, 7) is 1.93. The average molecular weight is 246 g/mol. The van der Waals surface area contributed by atoms with Gasteiger partial charge in [0.25, 0.3) is 0 Å². The highest BCUT2D eigenvalue weighted by atomic mass is 16.3. The second kappa shape index (κ2) is 4.47. The van der Waals surface area contributed by atoms with Crippen LogP contribution in [0.15, 0.2) is 18.2 Å². The summed E-state index contributed by atoms with van der Waals surface area (Å²) < 4.78 is 0. The van der Waals surface area contributed by atoms with Crippen molar-refractivity contribution >= 4 is 5.69 Å². The number of anilines is 1. The first-order chi connectivity index (χ1) is 8.63. The first-order valence-corrected chi connectivity index (χ1v) is 6.91. The van der Waals surface area contributed by atoms with E-state index in [1.165, 1.54) is 25.7 Å². The Morgan fingerprint density at radius 2 is 1.89 bits per heavy atom. The summed E-state index contributed by atoms with van der Waals surface area (Å²) in [7, 11) is 2.26. The van der Waals surface area contributed by atoms with E-state index in [2.05, 4.69) is 23.3 Å². The Hall–Kier alpha value is -1.22. The molecule has 1 aromatic rings. The lowest BCUT2D eigenvalue weighted by atomic mass is 9.97. The van der Waals surface area contributed by atoms with Crippen LogP contribution in [0.4, 0.5) is 5.69 Å². The summed E-state index contributed by atoms with van der Waals surface area (Å²) in [5.41, 5.74) is 1.98. The van der Waals surface area contributed by atoms with Gasteiger partial charge in [-0.25, -0.2) is 0 Å². The summed E-state index contributed by atoms with van der Waals surface area (Å²) in [5.74, 6) is 0.385. The number of nitrogens with one attached hydrogen (secondary N) is 1. The number of rotatable bonds is 2. The van der Waals surface area contributed by atoms with Crippen LogP contribution in [0.5, 0.6) is 5.75 Å². The molecule has 2 heterocycles. The molecule has 3 heteroatoms. The second-order valence-corrected chi connectivity index (χ2v) is 5.86. The number of hydrogen-bond acceptors (Lipinski definition) is 3. The van der Waals surface area contributed by atoms with Gasteiger partial charge >= 0.3 is 0 Å². The number of fused-ring (bicyclic) bond motifs is 2. The molecule has 0 radical (unpaired) electrons. The molecule has 2 fully saturated rings. The van der Waals surface area contributed by atoms with E-state index in [0.29, 0.717) is 11.8 Å². The first kappa shape index (κ1) is 11.8. The lowest BCUT2D eigenvalue weighted by Gasteiger charge is -2.37. The minimum atomic E-state index is 0.385. The average Bonchev–Trinajstić information content (AvgIpc) is 2.58. The van der Waals surface area contributed by atoms with Crippen molar-refractivity contribution in [1.29, 1.82) is 0 Å². The summed E-state index contributed by atoms with van der Waals surface area (Å²) >= 11 is 0. The zero-order valence-corrected chi connectivity index (χ0v) is 11.2. The molecule has 2 aliphatic heterocycles. The highest BCUT2D eigenvalue weighted by Gasteiger charge is 2.38. The maximum Gasteiger partial charge on any atom is 0.120 e. The van der Waals surface area contributed by atoms with Crippen LogP contribution in [-0.2, 0) is 0 Å². The zero-order chi connectivity index (χ0) is 12.7. The smallest absolute Gasteiger partial charge is 0.120 e. The molecule has 2 atom stereocenters. The number of aryl methyl sites for hydroxylation is 1. The monoisotopic (exact) mass is 246 g/mol. The first-order valence-electron chi connectivity index (χ1n) is 6.91. The second-order valence-electron chi connectivity index (χ2n) is 5.86. The highest BCUT2D eigenvalue weighted by Crippen LogP contribution is 2.35. The van der Waals surface area contributed by atoms with Gasteiger partial charge in [0.15, 0.2) is 0 Å². The van der Waals surface area contributed by atoms with Crippen LogP contribution in [0.2, 0.25) is 0 Å². The van der Waals surface area contributed by atoms with Crippen molar-refractivity contribution in [2.45, 2.75) is 50.7 Å². The van der Waals surface area contributed by atoms with Crippen LogP contribution in [-0.4, -0.2) is 35.2 Å². The third-order valence-corrected chi connectivity index (χ3v) is 4.68. The normalized spacial score (nSPS) is 31.6. The van der Waals surface area contributed by atoms with E-state index in [9.17, 15) is 5.11 Å². The van der Waals surface area contributed by atoms with E-state index in [1.54, 1.807) is 0 Å². The van der Waals surface area contributed by atoms with E-state index < -0.39 is 0 Å². The molecular weight excluding hydrogens is 224 g/mol. The van der Waals surface area contributed by atoms with E-state index in [4.69, 9.17) is 0 Å². The van der Waals surface area contributed by atoms with Crippen LogP contribution >= 0.6 is 0 Å². The van der Waals surface area contributed by atoms with Gasteiger partial charge in [0, 0.05) is 29.9 Å². The predicted octanol–water partition coefficient (Wildman–Crippen LogP) is 2.74. The highest BCUT2D eigenvalue weighted by molar-refractivity contribution is 5.51. The number of phenolic OH excluding ortho intramolecular Hbond substituents is 1. The zero-order valence-electron chi connectivity index (χ0n) is 11.2. The SMILES string of the molecule is Cc1ccc(NC2CC3CCC(C2)N3C)cc1O. The molecule has 2 unspecified atom stereocenters. The van der Waals surface area contributed by atoms with Crippen LogP contribution in [0.3, 0.4) is 0 Å². The fourth-order valence-electron chi connectivity index (χ4n) is 3.46. The maximum absolute atomic E-state index is 9.74. The number of phenols is 1. The van der Waals surface area contributed by atoms with Crippen LogP contribution in [0.25, 0.3) is 0 Å². The minimum absolute atomic E-state index is 0.385. The molecule has 0 saturated carbocycles. The Kier molecular flexibility index (Phi) is 2.94. The van der Waals surface area contributed by atoms with Crippen molar-refractivity contribution < 1.29 is 5.11 Å². The van der Waals surface area contributed by atoms with Gasteiger partial charge in [0.05, 0.1) is 0 Å². The van der Waals surface area contributed by atoms with Gasteiger partial charge in [-0.3, -0.25) is 0 Å². The molecule has 0 amide bonds. The van der Waals surface area contributed by atoms with Crippen molar-refractivity contribution in [3.8, 4) is 5.75 Å². The summed E-state index contributed by atoms with van der Waals surface area (Å²) in [4.78, 5) is 2.55. The summed E-state index contributed by atoms with van der Waals surface area (Å²) in [6.07, 6.45) is 5.14. The number of nitrogens with zero attached hydrogens (tertiary/aromatic N) is 1. The van der Waals surface area contributed by atoms with Gasteiger partial charge in [0.1, 0.15) is 5.75 Å². The van der Waals surface area contributed by atoms with Crippen molar-refractivity contribution in [1.82, 2.24) is 4.90 Å². The van der Waals surface area contributed by atoms with Gasteiger partial charge in [0.2, 0.25) is 0 Å². The van der Waals surface area contributed by atoms with Gasteiger partial charge in [-0.1, -0.05) is 6.07 Å². The fourth-order valence-corrected chi connectivity index (χ4v) is 3.46. The number of hydrogen-bond donors (Lipinski definition) is 2. The number of piperidine rings is 1. The Morgan fingerprint density at radius 1 is 1.22 bits per heavy atom. The van der Waals surface area contributed by atoms with Gasteiger partial charge < -0.3 is 15.3 Å². The van der Waals surface area contributed by atoms with Crippen LogP contribution in [0, 0.1) is 6.92 Å². The molecule has 98 valence electrons. The lowest BCUT2D eigenvalue weighted by Crippen LogP contribution is -2.44. The molecule has 2 saturated heterocycles. The fraction of sp³-hybridized carbons (Fsp3) is 0.600. The molecule has 18 heavy (non-hydrogen) atoms. The maximum atomic E-state index is 9.74. The Bertz CT molecular complexity index is 432. The molecule has 0 spiro atoms. The molecule has 3 rings (SSSR count). The summed E-state index contributed by atoms with van der Waals surface area (Å²) in [6, 6.07) is 7.94. The molecule has 2 aliphatic rings. The largest absolute Gasteiger partial charge is 0.508 e. The third kappa shape index (κ3) is 2.07. The van der Waals surface area contributed by atoms with Crippen molar-refractivity contribution in [2.24, 2.45) is 0 Å². The van der Waals surface area contributed by atoms with Crippen molar-refractivity contribution in [3.63, 3.8) is 0 Å².